The van der Waals surface area contributed by atoms with Gasteiger partial charge in [-0.05, 0) is 61.9 Å². The molecule has 6 rings (SSSR count). The van der Waals surface area contributed by atoms with Crippen LogP contribution >= 0.6 is 0 Å². The normalized spacial score (nSPS) is 17.2. The van der Waals surface area contributed by atoms with Gasteiger partial charge in [-0.25, -0.2) is 4.79 Å². The van der Waals surface area contributed by atoms with Gasteiger partial charge in [-0.1, -0.05) is 35.9 Å². The zero-order chi connectivity index (χ0) is 24.3. The summed E-state index contributed by atoms with van der Waals surface area (Å²) in [6.45, 7) is 4.22. The van der Waals surface area contributed by atoms with Gasteiger partial charge in [-0.15, -0.1) is 0 Å². The second-order valence-corrected chi connectivity index (χ2v) is 9.21. The Labute approximate surface area is 204 Å². The Bertz CT molecular complexity index is 1510. The largest absolute Gasteiger partial charge is 0.456 e. The summed E-state index contributed by atoms with van der Waals surface area (Å²) < 4.78 is 12.7. The third kappa shape index (κ3) is 3.04. The van der Waals surface area contributed by atoms with Gasteiger partial charge in [0.05, 0.1) is 5.56 Å². The number of benzene rings is 4. The number of hydrogen-bond acceptors (Lipinski definition) is 5. The number of carbonyl (C=O) groups is 1. The Hall–Kier alpha value is -4.25. The van der Waals surface area contributed by atoms with Crippen molar-refractivity contribution < 1.29 is 14.3 Å². The predicted molar refractivity (Wildman–Crippen MR) is 138 cm³/mol. The molecule has 1 unspecified atom stereocenters. The average Bonchev–Trinajstić information content (AvgIpc) is 3.16. The Morgan fingerprint density at radius 1 is 0.829 bits per heavy atom. The number of ether oxygens (including phenoxy) is 2. The number of nitrogens with one attached hydrogen (secondary N) is 1. The second kappa shape index (κ2) is 7.64. The summed E-state index contributed by atoms with van der Waals surface area (Å²) in [7, 11) is 3.92. The molecule has 0 saturated carbocycles. The Balaban J connectivity index is 1.56. The molecular weight excluding hydrogens is 436 g/mol. The second-order valence-electron chi connectivity index (χ2n) is 9.21. The van der Waals surface area contributed by atoms with Crippen molar-refractivity contribution in [3.05, 3.63) is 112 Å². The molecule has 0 saturated heterocycles. The number of hydrogen-bond donors (Lipinski definition) is 1. The van der Waals surface area contributed by atoms with Crippen LogP contribution in [0.1, 0.15) is 38.2 Å². The molecule has 2 heterocycles. The van der Waals surface area contributed by atoms with E-state index in [1.54, 1.807) is 0 Å². The molecule has 174 valence electrons. The van der Waals surface area contributed by atoms with E-state index in [1.165, 1.54) is 11.1 Å². The smallest absolute Gasteiger partial charge is 0.340 e. The van der Waals surface area contributed by atoms with E-state index in [0.29, 0.717) is 17.1 Å². The lowest BCUT2D eigenvalue weighted by Gasteiger charge is -2.37. The van der Waals surface area contributed by atoms with E-state index < -0.39 is 5.60 Å². The number of anilines is 3. The number of carbonyl (C=O) groups excluding carboxylic acids is 1. The fourth-order valence-electron chi connectivity index (χ4n) is 5.35. The summed E-state index contributed by atoms with van der Waals surface area (Å²) in [5, 5.41) is 3.19. The molecule has 1 N–H and O–H groups in total. The van der Waals surface area contributed by atoms with E-state index in [1.807, 2.05) is 61.6 Å². The van der Waals surface area contributed by atoms with Gasteiger partial charge < -0.3 is 19.7 Å². The maximum Gasteiger partial charge on any atom is 0.340 e. The van der Waals surface area contributed by atoms with Gasteiger partial charge in [0.1, 0.15) is 11.5 Å². The highest BCUT2D eigenvalue weighted by Gasteiger charge is 2.53. The van der Waals surface area contributed by atoms with Crippen LogP contribution < -0.4 is 15.0 Å². The van der Waals surface area contributed by atoms with E-state index in [0.717, 1.165) is 33.8 Å². The molecule has 5 nitrogen and oxygen atoms in total. The lowest BCUT2D eigenvalue weighted by molar-refractivity contribution is 0.0224. The molecule has 1 spiro atoms. The minimum absolute atomic E-state index is 0.328. The predicted octanol–water partition coefficient (Wildman–Crippen LogP) is 6.68. The molecular formula is C30H26N2O3. The van der Waals surface area contributed by atoms with Crippen molar-refractivity contribution >= 4 is 23.0 Å². The number of esters is 1. The van der Waals surface area contributed by atoms with Gasteiger partial charge in [0, 0.05) is 53.9 Å². The molecule has 35 heavy (non-hydrogen) atoms. The number of nitrogens with zero attached hydrogens (tertiary/aromatic N) is 1. The third-order valence-electron chi connectivity index (χ3n) is 7.08. The number of aryl methyl sites for hydroxylation is 2. The Kier molecular flexibility index (Phi) is 4.65. The Morgan fingerprint density at radius 2 is 1.66 bits per heavy atom. The number of rotatable bonds is 3. The van der Waals surface area contributed by atoms with E-state index in [4.69, 9.17) is 9.47 Å². The van der Waals surface area contributed by atoms with Gasteiger partial charge in [-0.3, -0.25) is 0 Å². The average molecular weight is 463 g/mol. The summed E-state index contributed by atoms with van der Waals surface area (Å²) >= 11 is 0. The van der Waals surface area contributed by atoms with Gasteiger partial charge in [-0.2, -0.15) is 0 Å². The zero-order valence-electron chi connectivity index (χ0n) is 20.2. The summed E-state index contributed by atoms with van der Waals surface area (Å²) in [5.74, 6) is 1.02. The third-order valence-corrected chi connectivity index (χ3v) is 7.08. The summed E-state index contributed by atoms with van der Waals surface area (Å²) in [6.07, 6.45) is 0. The van der Waals surface area contributed by atoms with Crippen molar-refractivity contribution in [1.82, 2.24) is 0 Å². The van der Waals surface area contributed by atoms with Gasteiger partial charge >= 0.3 is 5.97 Å². The highest BCUT2D eigenvalue weighted by molar-refractivity contribution is 5.97. The van der Waals surface area contributed by atoms with Crippen molar-refractivity contribution in [2.24, 2.45) is 0 Å². The summed E-state index contributed by atoms with van der Waals surface area (Å²) in [4.78, 5) is 15.2. The highest BCUT2D eigenvalue weighted by Crippen LogP contribution is 2.57. The quantitative estimate of drug-likeness (QED) is 0.344. The van der Waals surface area contributed by atoms with E-state index in [2.05, 4.69) is 55.4 Å². The maximum absolute atomic E-state index is 13.1. The van der Waals surface area contributed by atoms with Crippen LogP contribution in [0.3, 0.4) is 0 Å². The molecule has 0 bridgehead atoms. The van der Waals surface area contributed by atoms with Crippen molar-refractivity contribution in [2.75, 3.05) is 24.3 Å². The molecule has 4 aromatic rings. The molecule has 2 aliphatic rings. The van der Waals surface area contributed by atoms with Gasteiger partial charge in [0.25, 0.3) is 0 Å². The van der Waals surface area contributed by atoms with Crippen molar-refractivity contribution in [2.45, 2.75) is 19.4 Å². The molecule has 0 aromatic heterocycles. The minimum atomic E-state index is -1.07. The van der Waals surface area contributed by atoms with Crippen LogP contribution in [0, 0.1) is 13.8 Å². The van der Waals surface area contributed by atoms with E-state index in [-0.39, 0.29) is 5.97 Å². The first-order valence-electron chi connectivity index (χ1n) is 11.7. The fraction of sp³-hybridized carbons (Fsp3) is 0.167. The lowest BCUT2D eigenvalue weighted by Crippen LogP contribution is -2.33. The van der Waals surface area contributed by atoms with Crippen molar-refractivity contribution in [3.8, 4) is 11.5 Å². The molecule has 2 aliphatic heterocycles. The van der Waals surface area contributed by atoms with Crippen LogP contribution in [-0.4, -0.2) is 20.1 Å². The van der Waals surface area contributed by atoms with Crippen LogP contribution in [0.4, 0.5) is 17.1 Å². The van der Waals surface area contributed by atoms with Gasteiger partial charge in [0.15, 0.2) is 5.60 Å². The zero-order valence-corrected chi connectivity index (χ0v) is 20.2. The molecule has 0 fully saturated rings. The molecule has 0 aliphatic carbocycles. The molecule has 0 amide bonds. The summed E-state index contributed by atoms with van der Waals surface area (Å²) in [5.41, 5.74) is 7.43. The first kappa shape index (κ1) is 21.3. The molecule has 0 radical (unpaired) electrons. The summed E-state index contributed by atoms with van der Waals surface area (Å²) in [6, 6.07) is 26.1. The molecule has 5 heteroatoms. The maximum atomic E-state index is 13.1. The first-order valence-corrected chi connectivity index (χ1v) is 11.7. The van der Waals surface area contributed by atoms with E-state index >= 15 is 0 Å². The van der Waals surface area contributed by atoms with Crippen LogP contribution in [0.25, 0.3) is 0 Å². The van der Waals surface area contributed by atoms with E-state index in [9.17, 15) is 4.79 Å². The van der Waals surface area contributed by atoms with Crippen LogP contribution in [0.5, 0.6) is 11.5 Å². The fourth-order valence-corrected chi connectivity index (χ4v) is 5.35. The van der Waals surface area contributed by atoms with Crippen LogP contribution in [0.15, 0.2) is 78.9 Å². The highest BCUT2D eigenvalue weighted by atomic mass is 16.6. The topological polar surface area (TPSA) is 50.8 Å². The lowest BCUT2D eigenvalue weighted by atomic mass is 9.77. The SMILES string of the molecule is CNc1ccc2c(c1)C1(OC(=O)c3ccccc31)c1ccc(N(C)c3ccc(C)cc3C)cc1O2. The van der Waals surface area contributed by atoms with Crippen molar-refractivity contribution in [3.63, 3.8) is 0 Å². The monoisotopic (exact) mass is 462 g/mol. The standard InChI is InChI=1S/C30H26N2O3/c1-18-9-13-26(19(2)15-18)32(4)21-11-12-24-28(17-21)34-27-14-10-20(31-3)16-25(27)30(24)23-8-6-5-7-22(23)29(33)35-30/h5-17,31H,1-4H3. The number of fused-ring (bicyclic) bond motifs is 6. The first-order chi connectivity index (χ1) is 16.9. The Morgan fingerprint density at radius 3 is 2.46 bits per heavy atom. The van der Waals surface area contributed by atoms with Gasteiger partial charge in [0.2, 0.25) is 0 Å². The van der Waals surface area contributed by atoms with Crippen LogP contribution in [0.2, 0.25) is 0 Å². The molecule has 4 aromatic carbocycles. The minimum Gasteiger partial charge on any atom is -0.456 e. The van der Waals surface area contributed by atoms with Crippen molar-refractivity contribution in [1.29, 1.82) is 0 Å². The van der Waals surface area contributed by atoms with Crippen LogP contribution in [-0.2, 0) is 10.3 Å². The molecule has 1 atom stereocenters.